The van der Waals surface area contributed by atoms with Crippen LogP contribution in [0, 0.1) is 6.92 Å². The van der Waals surface area contributed by atoms with E-state index in [9.17, 15) is 4.79 Å². The highest BCUT2D eigenvalue weighted by atomic mass is 79.9. The summed E-state index contributed by atoms with van der Waals surface area (Å²) in [6, 6.07) is 21.5. The third-order valence-corrected chi connectivity index (χ3v) is 5.29. The first-order chi connectivity index (χ1) is 14.6. The van der Waals surface area contributed by atoms with E-state index in [2.05, 4.69) is 38.7 Å². The number of aryl methyl sites for hydroxylation is 1. The number of rotatable bonds is 9. The average Bonchev–Trinajstić information content (AvgIpc) is 2.76. The van der Waals surface area contributed by atoms with Gasteiger partial charge in [-0.3, -0.25) is 4.79 Å². The number of halogens is 1. The lowest BCUT2D eigenvalue weighted by atomic mass is 10.1. The maximum absolute atomic E-state index is 12.4. The molecule has 0 unspecified atom stereocenters. The van der Waals surface area contributed by atoms with Crippen molar-refractivity contribution in [3.05, 3.63) is 87.9 Å². The summed E-state index contributed by atoms with van der Waals surface area (Å²) < 4.78 is 12.2. The smallest absolute Gasteiger partial charge is 0.262 e. The zero-order valence-corrected chi connectivity index (χ0v) is 18.7. The number of amides is 1. The molecular formula is C24H25BrN2O3. The molecule has 3 aromatic carbocycles. The van der Waals surface area contributed by atoms with Crippen molar-refractivity contribution in [2.75, 3.05) is 19.0 Å². The normalized spacial score (nSPS) is 10.5. The highest BCUT2D eigenvalue weighted by Gasteiger charge is 2.16. The lowest BCUT2D eigenvalue weighted by Crippen LogP contribution is -2.21. The van der Waals surface area contributed by atoms with Gasteiger partial charge < -0.3 is 20.1 Å². The fraction of sp³-hybridized carbons (Fsp3) is 0.208. The number of benzene rings is 3. The summed E-state index contributed by atoms with van der Waals surface area (Å²) in [5.41, 5.74) is 3.96. The molecule has 30 heavy (non-hydrogen) atoms. The van der Waals surface area contributed by atoms with Crippen molar-refractivity contribution in [1.82, 2.24) is 5.32 Å². The van der Waals surface area contributed by atoms with Gasteiger partial charge in [0.1, 0.15) is 0 Å². The number of hydrogen-bond donors (Lipinski definition) is 2. The van der Waals surface area contributed by atoms with Gasteiger partial charge in [0.2, 0.25) is 0 Å². The zero-order valence-electron chi connectivity index (χ0n) is 17.1. The number of anilines is 1. The van der Waals surface area contributed by atoms with Crippen molar-refractivity contribution in [3.8, 4) is 11.5 Å². The van der Waals surface area contributed by atoms with Crippen molar-refractivity contribution in [3.63, 3.8) is 0 Å². The molecule has 3 aromatic rings. The molecule has 5 nitrogen and oxygen atoms in total. The largest absolute Gasteiger partial charge is 0.493 e. The highest BCUT2D eigenvalue weighted by molar-refractivity contribution is 9.10. The Kier molecular flexibility index (Phi) is 7.88. The summed E-state index contributed by atoms with van der Waals surface area (Å²) in [7, 11) is 1.59. The lowest BCUT2D eigenvalue weighted by molar-refractivity contribution is -0.118. The van der Waals surface area contributed by atoms with E-state index in [0.29, 0.717) is 18.0 Å². The van der Waals surface area contributed by atoms with Crippen LogP contribution in [0.5, 0.6) is 11.5 Å². The standard InChI is InChI=1S/C24H25BrN2O3/c1-17-8-10-19(11-9-17)27-23(28)16-30-24-20(21(25)12-13-22(24)29-2)15-26-14-18-6-4-3-5-7-18/h3-13,26H,14-16H2,1-2H3,(H,27,28). The fourth-order valence-electron chi connectivity index (χ4n) is 2.97. The summed E-state index contributed by atoms with van der Waals surface area (Å²) in [5, 5.41) is 6.26. The third-order valence-electron chi connectivity index (χ3n) is 4.54. The second-order valence-corrected chi connectivity index (χ2v) is 7.70. The summed E-state index contributed by atoms with van der Waals surface area (Å²) in [6.07, 6.45) is 0. The molecule has 0 bridgehead atoms. The van der Waals surface area contributed by atoms with Gasteiger partial charge in [-0.25, -0.2) is 0 Å². The molecule has 0 saturated heterocycles. The van der Waals surface area contributed by atoms with E-state index in [1.807, 2.05) is 61.5 Å². The van der Waals surface area contributed by atoms with Crippen LogP contribution >= 0.6 is 15.9 Å². The van der Waals surface area contributed by atoms with Gasteiger partial charge >= 0.3 is 0 Å². The van der Waals surface area contributed by atoms with Crippen molar-refractivity contribution < 1.29 is 14.3 Å². The van der Waals surface area contributed by atoms with E-state index in [1.165, 1.54) is 5.56 Å². The topological polar surface area (TPSA) is 59.6 Å². The first-order valence-electron chi connectivity index (χ1n) is 9.66. The number of nitrogens with one attached hydrogen (secondary N) is 2. The van der Waals surface area contributed by atoms with Crippen LogP contribution in [0.2, 0.25) is 0 Å². The molecule has 0 aliphatic rings. The SMILES string of the molecule is COc1ccc(Br)c(CNCc2ccccc2)c1OCC(=O)Nc1ccc(C)cc1. The number of hydrogen-bond acceptors (Lipinski definition) is 4. The van der Waals surface area contributed by atoms with Crippen LogP contribution in [0.15, 0.2) is 71.2 Å². The van der Waals surface area contributed by atoms with Gasteiger partial charge in [0.15, 0.2) is 18.1 Å². The molecule has 0 heterocycles. The van der Waals surface area contributed by atoms with E-state index < -0.39 is 0 Å². The number of carbonyl (C=O) groups excluding carboxylic acids is 1. The highest BCUT2D eigenvalue weighted by Crippen LogP contribution is 2.36. The quantitative estimate of drug-likeness (QED) is 0.459. The molecule has 0 fully saturated rings. The Balaban J connectivity index is 1.66. The number of ether oxygens (including phenoxy) is 2. The van der Waals surface area contributed by atoms with Gasteiger partial charge in [-0.2, -0.15) is 0 Å². The summed E-state index contributed by atoms with van der Waals surface area (Å²) in [4.78, 5) is 12.4. The molecule has 0 aliphatic carbocycles. The van der Waals surface area contributed by atoms with E-state index in [1.54, 1.807) is 7.11 Å². The Bertz CT molecular complexity index is 976. The van der Waals surface area contributed by atoms with Crippen molar-refractivity contribution >= 4 is 27.5 Å². The lowest BCUT2D eigenvalue weighted by Gasteiger charge is -2.17. The van der Waals surface area contributed by atoms with E-state index in [4.69, 9.17) is 9.47 Å². The van der Waals surface area contributed by atoms with Gasteiger partial charge in [-0.15, -0.1) is 0 Å². The molecule has 1 amide bonds. The fourth-order valence-corrected chi connectivity index (χ4v) is 3.42. The maximum Gasteiger partial charge on any atom is 0.262 e. The monoisotopic (exact) mass is 468 g/mol. The van der Waals surface area contributed by atoms with Gasteiger partial charge in [0.05, 0.1) is 7.11 Å². The Morgan fingerprint density at radius 3 is 2.40 bits per heavy atom. The first kappa shape index (κ1) is 21.9. The minimum absolute atomic E-state index is 0.119. The molecule has 156 valence electrons. The van der Waals surface area contributed by atoms with Crippen molar-refractivity contribution in [1.29, 1.82) is 0 Å². The van der Waals surface area contributed by atoms with Crippen molar-refractivity contribution in [2.45, 2.75) is 20.0 Å². The van der Waals surface area contributed by atoms with Gasteiger partial charge in [0, 0.05) is 28.8 Å². The minimum Gasteiger partial charge on any atom is -0.493 e. The molecular weight excluding hydrogens is 444 g/mol. The molecule has 0 saturated carbocycles. The molecule has 2 N–H and O–H groups in total. The van der Waals surface area contributed by atoms with Crippen LogP contribution in [0.4, 0.5) is 5.69 Å². The Morgan fingerprint density at radius 1 is 0.967 bits per heavy atom. The van der Waals surface area contributed by atoms with E-state index in [-0.39, 0.29) is 12.5 Å². The van der Waals surface area contributed by atoms with Crippen molar-refractivity contribution in [2.24, 2.45) is 0 Å². The second kappa shape index (κ2) is 10.8. The summed E-state index contributed by atoms with van der Waals surface area (Å²) in [6.45, 7) is 3.16. The second-order valence-electron chi connectivity index (χ2n) is 6.85. The van der Waals surface area contributed by atoms with Crippen LogP contribution in [-0.4, -0.2) is 19.6 Å². The van der Waals surface area contributed by atoms with Gasteiger partial charge in [-0.05, 0) is 36.8 Å². The predicted molar refractivity (Wildman–Crippen MR) is 123 cm³/mol. The van der Waals surface area contributed by atoms with Crippen LogP contribution in [0.25, 0.3) is 0 Å². The van der Waals surface area contributed by atoms with Crippen LogP contribution < -0.4 is 20.1 Å². The predicted octanol–water partition coefficient (Wildman–Crippen LogP) is 5.07. The minimum atomic E-state index is -0.232. The Labute approximate surface area is 185 Å². The van der Waals surface area contributed by atoms with E-state index >= 15 is 0 Å². The average molecular weight is 469 g/mol. The van der Waals surface area contributed by atoms with Gasteiger partial charge in [0.25, 0.3) is 5.91 Å². The molecule has 6 heteroatoms. The summed E-state index contributed by atoms with van der Waals surface area (Å²) in [5.74, 6) is 0.897. The van der Waals surface area contributed by atoms with E-state index in [0.717, 1.165) is 27.8 Å². The third kappa shape index (κ3) is 6.08. The number of carbonyl (C=O) groups is 1. The maximum atomic E-state index is 12.4. The molecule has 0 radical (unpaired) electrons. The summed E-state index contributed by atoms with van der Waals surface area (Å²) >= 11 is 3.59. The van der Waals surface area contributed by atoms with Gasteiger partial charge in [-0.1, -0.05) is 64.0 Å². The van der Waals surface area contributed by atoms with Crippen LogP contribution in [0.3, 0.4) is 0 Å². The molecule has 0 aromatic heterocycles. The van der Waals surface area contributed by atoms with Crippen LogP contribution in [0.1, 0.15) is 16.7 Å². The first-order valence-corrected chi connectivity index (χ1v) is 10.5. The number of methoxy groups -OCH3 is 1. The Morgan fingerprint density at radius 2 is 1.70 bits per heavy atom. The zero-order chi connectivity index (χ0) is 21.3. The molecule has 0 spiro atoms. The molecule has 0 atom stereocenters. The van der Waals surface area contributed by atoms with Crippen LogP contribution in [-0.2, 0) is 17.9 Å². The molecule has 0 aliphatic heterocycles. The molecule has 3 rings (SSSR count). The Hall–Kier alpha value is -2.83.